The molecule has 1 N–H and O–H groups in total. The smallest absolute Gasteiger partial charge is 0.315 e. The Hall–Kier alpha value is -3.84. The Labute approximate surface area is 175 Å². The molecular formula is C26H20O4. The van der Waals surface area contributed by atoms with Crippen molar-refractivity contribution in [2.75, 3.05) is 0 Å². The summed E-state index contributed by atoms with van der Waals surface area (Å²) in [5, 5.41) is 9.98. The van der Waals surface area contributed by atoms with Gasteiger partial charge in [-0.25, -0.2) is 0 Å². The lowest BCUT2D eigenvalue weighted by molar-refractivity contribution is -0.158. The largest absolute Gasteiger partial charge is 0.481 e. The van der Waals surface area contributed by atoms with Crippen LogP contribution in [0, 0.1) is 24.2 Å². The molecule has 0 aliphatic heterocycles. The van der Waals surface area contributed by atoms with Crippen LogP contribution in [-0.4, -0.2) is 17.0 Å². The molecule has 0 radical (unpaired) electrons. The van der Waals surface area contributed by atoms with Gasteiger partial charge in [-0.15, -0.1) is 6.42 Å². The molecule has 1 aliphatic rings. The fourth-order valence-electron chi connectivity index (χ4n) is 4.36. The molecule has 1 saturated carbocycles. The van der Waals surface area contributed by atoms with Crippen LogP contribution in [0.3, 0.4) is 0 Å². The SMILES string of the molecule is C#Cc1cccc(OC(=O)[C@H]2[C@@H](c3ccccc3)[C@H](C(=O)O)[C@@H]2c2ccccc2)c1. The first kappa shape index (κ1) is 19.5. The van der Waals surface area contributed by atoms with Gasteiger partial charge in [0.2, 0.25) is 0 Å². The predicted octanol–water partition coefficient (Wildman–Crippen LogP) is 4.47. The van der Waals surface area contributed by atoms with E-state index in [9.17, 15) is 14.7 Å². The third-order valence-corrected chi connectivity index (χ3v) is 5.69. The summed E-state index contributed by atoms with van der Waals surface area (Å²) < 4.78 is 5.66. The van der Waals surface area contributed by atoms with Crippen LogP contribution >= 0.6 is 0 Å². The van der Waals surface area contributed by atoms with E-state index in [-0.39, 0.29) is 0 Å². The Morgan fingerprint density at radius 3 is 1.87 bits per heavy atom. The number of terminal acetylenes is 1. The maximum Gasteiger partial charge on any atom is 0.315 e. The molecule has 0 unspecified atom stereocenters. The number of rotatable bonds is 5. The highest BCUT2D eigenvalue weighted by Crippen LogP contribution is 2.58. The van der Waals surface area contributed by atoms with Gasteiger partial charge in [0.25, 0.3) is 0 Å². The molecule has 3 aromatic carbocycles. The van der Waals surface area contributed by atoms with Crippen molar-refractivity contribution in [3.8, 4) is 18.1 Å². The number of esters is 1. The molecule has 148 valence electrons. The van der Waals surface area contributed by atoms with Gasteiger partial charge in [-0.2, -0.15) is 0 Å². The zero-order valence-electron chi connectivity index (χ0n) is 16.1. The first-order valence-electron chi connectivity index (χ1n) is 9.71. The molecule has 0 aromatic heterocycles. The second-order valence-corrected chi connectivity index (χ2v) is 7.36. The van der Waals surface area contributed by atoms with Crippen molar-refractivity contribution in [1.29, 1.82) is 0 Å². The zero-order valence-corrected chi connectivity index (χ0v) is 16.1. The fraction of sp³-hybridized carbons (Fsp3) is 0.154. The monoisotopic (exact) mass is 396 g/mol. The minimum Gasteiger partial charge on any atom is -0.481 e. The van der Waals surface area contributed by atoms with Gasteiger partial charge in [-0.1, -0.05) is 72.7 Å². The molecule has 0 heterocycles. The first-order valence-corrected chi connectivity index (χ1v) is 9.71. The van der Waals surface area contributed by atoms with Crippen LogP contribution in [0.25, 0.3) is 0 Å². The Bertz CT molecular complexity index is 1050. The van der Waals surface area contributed by atoms with Crippen molar-refractivity contribution in [3.63, 3.8) is 0 Å². The average molecular weight is 396 g/mol. The number of ether oxygens (including phenoxy) is 1. The molecule has 1 aliphatic carbocycles. The number of carbonyl (C=O) groups excluding carboxylic acids is 1. The number of carboxylic acid groups (broad SMARTS) is 1. The van der Waals surface area contributed by atoms with Gasteiger partial charge in [-0.05, 0) is 29.3 Å². The maximum atomic E-state index is 13.3. The molecule has 4 rings (SSSR count). The van der Waals surface area contributed by atoms with Crippen molar-refractivity contribution in [2.45, 2.75) is 11.8 Å². The van der Waals surface area contributed by atoms with Gasteiger partial charge < -0.3 is 9.84 Å². The minimum atomic E-state index is -0.920. The standard InChI is InChI=1S/C26H20O4/c1-2-17-10-9-15-20(16-17)30-26(29)24-21(18-11-5-3-6-12-18)23(25(27)28)22(24)19-13-7-4-8-14-19/h1,3-16,21-24H,(H,27,28)/t21-,22-,23-,24-/m0/s1. The molecule has 0 spiro atoms. The summed E-state index contributed by atoms with van der Waals surface area (Å²) >= 11 is 0. The van der Waals surface area contributed by atoms with E-state index in [2.05, 4.69) is 5.92 Å². The molecule has 3 aromatic rings. The minimum absolute atomic E-state index is 0.354. The number of carboxylic acids is 1. The molecule has 4 nitrogen and oxygen atoms in total. The number of aliphatic carboxylic acids is 1. The van der Waals surface area contributed by atoms with Crippen molar-refractivity contribution in [3.05, 3.63) is 102 Å². The van der Waals surface area contributed by atoms with E-state index in [1.807, 2.05) is 60.7 Å². The molecule has 1 fully saturated rings. The van der Waals surface area contributed by atoms with Crippen molar-refractivity contribution in [1.82, 2.24) is 0 Å². The summed E-state index contributed by atoms with van der Waals surface area (Å²) in [6.45, 7) is 0. The van der Waals surface area contributed by atoms with Gasteiger partial charge in [0.1, 0.15) is 5.75 Å². The van der Waals surface area contributed by atoms with E-state index >= 15 is 0 Å². The fourth-order valence-corrected chi connectivity index (χ4v) is 4.36. The van der Waals surface area contributed by atoms with Crippen LogP contribution in [0.1, 0.15) is 28.5 Å². The molecule has 4 heteroatoms. The van der Waals surface area contributed by atoms with Crippen molar-refractivity contribution < 1.29 is 19.4 Å². The highest BCUT2D eigenvalue weighted by molar-refractivity contribution is 5.85. The number of hydrogen-bond donors (Lipinski definition) is 1. The molecule has 0 saturated heterocycles. The maximum absolute atomic E-state index is 13.3. The molecule has 0 amide bonds. The second kappa shape index (κ2) is 8.26. The van der Waals surface area contributed by atoms with E-state index in [0.717, 1.165) is 11.1 Å². The van der Waals surface area contributed by atoms with Gasteiger partial charge in [0.05, 0.1) is 11.8 Å². The first-order chi connectivity index (χ1) is 14.6. The van der Waals surface area contributed by atoms with Gasteiger partial charge in [0.15, 0.2) is 0 Å². The Balaban J connectivity index is 1.72. The normalized spacial score (nSPS) is 22.4. The highest BCUT2D eigenvalue weighted by atomic mass is 16.5. The topological polar surface area (TPSA) is 63.6 Å². The number of benzene rings is 3. The summed E-state index contributed by atoms with van der Waals surface area (Å²) in [5.41, 5.74) is 2.24. The lowest BCUT2D eigenvalue weighted by atomic mass is 9.52. The van der Waals surface area contributed by atoms with Crippen LogP contribution < -0.4 is 4.74 Å². The predicted molar refractivity (Wildman–Crippen MR) is 113 cm³/mol. The molecular weight excluding hydrogens is 376 g/mol. The zero-order chi connectivity index (χ0) is 21.1. The van der Waals surface area contributed by atoms with E-state index in [1.54, 1.807) is 24.3 Å². The van der Waals surface area contributed by atoms with E-state index < -0.39 is 35.6 Å². The van der Waals surface area contributed by atoms with Crippen LogP contribution in [0.2, 0.25) is 0 Å². The van der Waals surface area contributed by atoms with Crippen LogP contribution in [0.15, 0.2) is 84.9 Å². The Kier molecular flexibility index (Phi) is 5.36. The summed E-state index contributed by atoms with van der Waals surface area (Å²) in [7, 11) is 0. The van der Waals surface area contributed by atoms with E-state index in [0.29, 0.717) is 11.3 Å². The van der Waals surface area contributed by atoms with Gasteiger partial charge in [0, 0.05) is 17.4 Å². The van der Waals surface area contributed by atoms with Gasteiger partial charge in [-0.3, -0.25) is 9.59 Å². The van der Waals surface area contributed by atoms with Crippen LogP contribution in [0.4, 0.5) is 0 Å². The van der Waals surface area contributed by atoms with E-state index in [1.165, 1.54) is 0 Å². The van der Waals surface area contributed by atoms with Gasteiger partial charge >= 0.3 is 11.9 Å². The summed E-state index contributed by atoms with van der Waals surface area (Å²) in [6, 6.07) is 25.3. The van der Waals surface area contributed by atoms with E-state index in [4.69, 9.17) is 11.2 Å². The molecule has 0 bridgehead atoms. The summed E-state index contributed by atoms with van der Waals surface area (Å²) in [5.74, 6) is -0.788. The number of hydrogen-bond acceptors (Lipinski definition) is 3. The Morgan fingerprint density at radius 2 is 1.37 bits per heavy atom. The van der Waals surface area contributed by atoms with Crippen molar-refractivity contribution in [2.24, 2.45) is 11.8 Å². The average Bonchev–Trinajstić information content (AvgIpc) is 2.74. The van der Waals surface area contributed by atoms with Crippen LogP contribution in [-0.2, 0) is 9.59 Å². The lowest BCUT2D eigenvalue weighted by Gasteiger charge is -2.48. The molecule has 2 atom stereocenters. The third-order valence-electron chi connectivity index (χ3n) is 5.69. The molecule has 30 heavy (non-hydrogen) atoms. The highest BCUT2D eigenvalue weighted by Gasteiger charge is 2.59. The summed E-state index contributed by atoms with van der Waals surface area (Å²) in [4.78, 5) is 25.4. The third kappa shape index (κ3) is 3.58. The quantitative estimate of drug-likeness (QED) is 0.393. The van der Waals surface area contributed by atoms with Crippen LogP contribution in [0.5, 0.6) is 5.75 Å². The Morgan fingerprint density at radius 1 is 0.800 bits per heavy atom. The second-order valence-electron chi connectivity index (χ2n) is 7.36. The number of carbonyl (C=O) groups is 2. The van der Waals surface area contributed by atoms with Crippen molar-refractivity contribution >= 4 is 11.9 Å². The lowest BCUT2D eigenvalue weighted by Crippen LogP contribution is -2.52. The summed E-state index contributed by atoms with van der Waals surface area (Å²) in [6.07, 6.45) is 5.44.